The van der Waals surface area contributed by atoms with E-state index in [4.69, 9.17) is 0 Å². The summed E-state index contributed by atoms with van der Waals surface area (Å²) in [5.41, 5.74) is 0.823. The van der Waals surface area contributed by atoms with Gasteiger partial charge in [0.15, 0.2) is 11.6 Å². The van der Waals surface area contributed by atoms with Crippen LogP contribution in [0.5, 0.6) is 0 Å². The third kappa shape index (κ3) is 0.942. The van der Waals surface area contributed by atoms with Crippen molar-refractivity contribution in [2.45, 2.75) is 32.6 Å². The summed E-state index contributed by atoms with van der Waals surface area (Å²) in [7, 11) is 0. The Morgan fingerprint density at radius 3 is 2.67 bits per heavy atom. The number of allylic oxidation sites excluding steroid dienone is 2. The Labute approximate surface area is 71.6 Å². The van der Waals surface area contributed by atoms with Crippen LogP contribution in [0.15, 0.2) is 11.6 Å². The lowest BCUT2D eigenvalue weighted by Gasteiger charge is -2.27. The minimum Gasteiger partial charge on any atom is -0.295 e. The lowest BCUT2D eigenvalue weighted by Crippen LogP contribution is -2.22. The van der Waals surface area contributed by atoms with Crippen molar-refractivity contribution in [2.24, 2.45) is 5.41 Å². The molecular formula is C10H12O2. The first-order chi connectivity index (χ1) is 5.62. The SMILES string of the molecule is C[C@]12CCC(=O)C=C1C(=O)CC2. The highest BCUT2D eigenvalue weighted by Crippen LogP contribution is 2.46. The Hall–Kier alpha value is -0.920. The maximum Gasteiger partial charge on any atom is 0.159 e. The Morgan fingerprint density at radius 2 is 1.92 bits per heavy atom. The highest BCUT2D eigenvalue weighted by Gasteiger charge is 2.41. The Morgan fingerprint density at radius 1 is 1.25 bits per heavy atom. The van der Waals surface area contributed by atoms with Gasteiger partial charge in [0.05, 0.1) is 0 Å². The van der Waals surface area contributed by atoms with Crippen LogP contribution >= 0.6 is 0 Å². The molecular weight excluding hydrogens is 152 g/mol. The first-order valence-electron chi connectivity index (χ1n) is 4.40. The number of ketones is 2. The highest BCUT2D eigenvalue weighted by molar-refractivity contribution is 6.06. The normalized spacial score (nSPS) is 34.9. The number of Topliss-reactive ketones (excluding diaryl/α,β-unsaturated/α-hetero) is 1. The summed E-state index contributed by atoms with van der Waals surface area (Å²) in [4.78, 5) is 22.4. The minimum atomic E-state index is 0.0327. The van der Waals surface area contributed by atoms with Crippen molar-refractivity contribution < 1.29 is 9.59 Å². The van der Waals surface area contributed by atoms with Crippen LogP contribution in [-0.2, 0) is 9.59 Å². The summed E-state index contributed by atoms with van der Waals surface area (Å²) < 4.78 is 0. The van der Waals surface area contributed by atoms with Gasteiger partial charge in [-0.15, -0.1) is 0 Å². The van der Waals surface area contributed by atoms with Crippen LogP contribution in [0.2, 0.25) is 0 Å². The third-order valence-electron chi connectivity index (χ3n) is 3.08. The van der Waals surface area contributed by atoms with Gasteiger partial charge < -0.3 is 0 Å². The van der Waals surface area contributed by atoms with E-state index in [1.165, 1.54) is 0 Å². The number of carbonyl (C=O) groups is 2. The average molecular weight is 164 g/mol. The molecule has 1 atom stereocenters. The molecule has 1 fully saturated rings. The minimum absolute atomic E-state index is 0.0327. The van der Waals surface area contributed by atoms with Crippen molar-refractivity contribution in [3.8, 4) is 0 Å². The van der Waals surface area contributed by atoms with Crippen molar-refractivity contribution in [1.29, 1.82) is 0 Å². The standard InChI is InChI=1S/C10H12O2/c1-10-4-2-7(11)6-8(10)9(12)3-5-10/h6H,2-5H2,1H3/t10-/m1/s1. The zero-order valence-corrected chi connectivity index (χ0v) is 7.22. The second-order valence-electron chi connectivity index (χ2n) is 4.01. The fraction of sp³-hybridized carbons (Fsp3) is 0.600. The van der Waals surface area contributed by atoms with Crippen LogP contribution in [0.3, 0.4) is 0 Å². The Kier molecular flexibility index (Phi) is 1.47. The van der Waals surface area contributed by atoms with E-state index < -0.39 is 0 Å². The van der Waals surface area contributed by atoms with Gasteiger partial charge in [-0.05, 0) is 24.3 Å². The highest BCUT2D eigenvalue weighted by atomic mass is 16.1. The predicted molar refractivity (Wildman–Crippen MR) is 44.7 cm³/mol. The monoisotopic (exact) mass is 164 g/mol. The Bertz CT molecular complexity index is 288. The van der Waals surface area contributed by atoms with Gasteiger partial charge in [0.25, 0.3) is 0 Å². The molecule has 2 rings (SSSR count). The third-order valence-corrected chi connectivity index (χ3v) is 3.08. The van der Waals surface area contributed by atoms with E-state index in [-0.39, 0.29) is 17.0 Å². The van der Waals surface area contributed by atoms with Crippen molar-refractivity contribution in [1.82, 2.24) is 0 Å². The molecule has 2 aliphatic carbocycles. The van der Waals surface area contributed by atoms with Gasteiger partial charge in [-0.1, -0.05) is 6.92 Å². The van der Waals surface area contributed by atoms with E-state index >= 15 is 0 Å². The summed E-state index contributed by atoms with van der Waals surface area (Å²) in [6, 6.07) is 0. The number of hydrogen-bond acceptors (Lipinski definition) is 2. The molecule has 0 saturated heterocycles. The fourth-order valence-corrected chi connectivity index (χ4v) is 2.14. The Balaban J connectivity index is 2.44. The first-order valence-corrected chi connectivity index (χ1v) is 4.40. The van der Waals surface area contributed by atoms with E-state index in [1.807, 2.05) is 0 Å². The molecule has 2 heteroatoms. The van der Waals surface area contributed by atoms with Gasteiger partial charge in [-0.2, -0.15) is 0 Å². The van der Waals surface area contributed by atoms with Gasteiger partial charge in [0, 0.05) is 18.4 Å². The van der Waals surface area contributed by atoms with Crippen LogP contribution in [-0.4, -0.2) is 11.6 Å². The number of rotatable bonds is 0. The van der Waals surface area contributed by atoms with Crippen LogP contribution in [0.25, 0.3) is 0 Å². The average Bonchev–Trinajstić information content (AvgIpc) is 2.31. The molecule has 0 aromatic rings. The zero-order chi connectivity index (χ0) is 8.77. The molecule has 0 unspecified atom stereocenters. The van der Waals surface area contributed by atoms with E-state index in [0.29, 0.717) is 12.8 Å². The molecule has 2 aliphatic rings. The molecule has 0 radical (unpaired) electrons. The lowest BCUT2D eigenvalue weighted by atomic mass is 9.76. The van der Waals surface area contributed by atoms with Gasteiger partial charge in [0.1, 0.15) is 0 Å². The topological polar surface area (TPSA) is 34.1 Å². The smallest absolute Gasteiger partial charge is 0.159 e. The van der Waals surface area contributed by atoms with Crippen LogP contribution < -0.4 is 0 Å². The molecule has 0 aliphatic heterocycles. The molecule has 0 N–H and O–H groups in total. The van der Waals surface area contributed by atoms with Crippen molar-refractivity contribution in [3.05, 3.63) is 11.6 Å². The second kappa shape index (κ2) is 2.28. The predicted octanol–water partition coefficient (Wildman–Crippen LogP) is 1.64. The summed E-state index contributed by atoms with van der Waals surface area (Å²) in [6.45, 7) is 2.09. The van der Waals surface area contributed by atoms with Crippen LogP contribution in [0, 0.1) is 5.41 Å². The van der Waals surface area contributed by atoms with Gasteiger partial charge in [-0.25, -0.2) is 0 Å². The van der Waals surface area contributed by atoms with Crippen LogP contribution in [0.1, 0.15) is 32.6 Å². The molecule has 64 valence electrons. The maximum absolute atomic E-state index is 11.3. The molecule has 0 amide bonds. The quantitative estimate of drug-likeness (QED) is 0.545. The van der Waals surface area contributed by atoms with Crippen molar-refractivity contribution in [2.75, 3.05) is 0 Å². The lowest BCUT2D eigenvalue weighted by molar-refractivity contribution is -0.118. The molecule has 2 nitrogen and oxygen atoms in total. The van der Waals surface area contributed by atoms with E-state index in [1.54, 1.807) is 6.08 Å². The summed E-state index contributed by atoms with van der Waals surface area (Å²) in [5.74, 6) is 0.309. The van der Waals surface area contributed by atoms with Crippen molar-refractivity contribution >= 4 is 11.6 Å². The largest absolute Gasteiger partial charge is 0.295 e. The molecule has 1 saturated carbocycles. The second-order valence-corrected chi connectivity index (χ2v) is 4.01. The summed E-state index contributed by atoms with van der Waals surface area (Å²) >= 11 is 0. The number of fused-ring (bicyclic) bond motifs is 1. The molecule has 0 spiro atoms. The van der Waals surface area contributed by atoms with E-state index in [0.717, 1.165) is 18.4 Å². The van der Waals surface area contributed by atoms with Gasteiger partial charge >= 0.3 is 0 Å². The van der Waals surface area contributed by atoms with E-state index in [2.05, 4.69) is 6.92 Å². The van der Waals surface area contributed by atoms with Gasteiger partial charge in [-0.3, -0.25) is 9.59 Å². The fourth-order valence-electron chi connectivity index (χ4n) is 2.14. The first kappa shape index (κ1) is 7.71. The van der Waals surface area contributed by atoms with E-state index in [9.17, 15) is 9.59 Å². The van der Waals surface area contributed by atoms with Crippen molar-refractivity contribution in [3.63, 3.8) is 0 Å². The summed E-state index contributed by atoms with van der Waals surface area (Å²) in [5, 5.41) is 0. The molecule has 0 aromatic heterocycles. The number of hydrogen-bond donors (Lipinski definition) is 0. The zero-order valence-electron chi connectivity index (χ0n) is 7.22. The molecule has 12 heavy (non-hydrogen) atoms. The number of carbonyl (C=O) groups excluding carboxylic acids is 2. The molecule has 0 aromatic carbocycles. The molecule has 0 bridgehead atoms. The molecule has 0 heterocycles. The van der Waals surface area contributed by atoms with Crippen LogP contribution in [0.4, 0.5) is 0 Å². The van der Waals surface area contributed by atoms with Gasteiger partial charge in [0.2, 0.25) is 0 Å². The maximum atomic E-state index is 11.3. The summed E-state index contributed by atoms with van der Waals surface area (Å²) in [6.07, 6.45) is 4.62.